The molecule has 4 nitrogen and oxygen atoms in total. The van der Waals surface area contributed by atoms with Crippen molar-refractivity contribution in [3.8, 4) is 0 Å². The number of hydrogen-bond donors (Lipinski definition) is 3. The molecule has 0 spiro atoms. The zero-order valence-electron chi connectivity index (χ0n) is 12.2. The van der Waals surface area contributed by atoms with Crippen molar-refractivity contribution in [3.05, 3.63) is 35.9 Å². The molecule has 0 aromatic heterocycles. The van der Waals surface area contributed by atoms with Gasteiger partial charge < -0.3 is 15.5 Å². The minimum absolute atomic E-state index is 0.00544. The third kappa shape index (κ3) is 6.17. The summed E-state index contributed by atoms with van der Waals surface area (Å²) >= 11 is 0. The number of carbonyl (C=O) groups is 1. The van der Waals surface area contributed by atoms with Crippen LogP contribution in [0.2, 0.25) is 0 Å². The van der Waals surface area contributed by atoms with Crippen molar-refractivity contribution in [3.63, 3.8) is 0 Å². The smallest absolute Gasteiger partial charge is 0.303 e. The summed E-state index contributed by atoms with van der Waals surface area (Å²) in [5.74, 6) is -0.214. The van der Waals surface area contributed by atoms with E-state index in [1.54, 1.807) is 0 Å². The van der Waals surface area contributed by atoms with Crippen LogP contribution in [0.5, 0.6) is 0 Å². The minimum Gasteiger partial charge on any atom is -0.481 e. The summed E-state index contributed by atoms with van der Waals surface area (Å²) in [5.41, 5.74) is 1.02. The van der Waals surface area contributed by atoms with Gasteiger partial charge in [0.05, 0.1) is 12.6 Å². The van der Waals surface area contributed by atoms with Gasteiger partial charge in [0.25, 0.3) is 0 Å². The van der Waals surface area contributed by atoms with Gasteiger partial charge in [0, 0.05) is 6.42 Å². The second kappa shape index (κ2) is 8.72. The van der Waals surface area contributed by atoms with Gasteiger partial charge in [0.15, 0.2) is 0 Å². The molecule has 0 amide bonds. The maximum Gasteiger partial charge on any atom is 0.303 e. The number of aliphatic hydroxyl groups is 1. The monoisotopic (exact) mass is 279 g/mol. The molecule has 0 bridgehead atoms. The fourth-order valence-electron chi connectivity index (χ4n) is 2.43. The van der Waals surface area contributed by atoms with Crippen molar-refractivity contribution in [2.24, 2.45) is 11.8 Å². The summed E-state index contributed by atoms with van der Waals surface area (Å²) in [6.45, 7) is 4.79. The van der Waals surface area contributed by atoms with Crippen molar-refractivity contribution in [2.45, 2.75) is 32.7 Å². The van der Waals surface area contributed by atoms with Crippen LogP contribution in [0.3, 0.4) is 0 Å². The molecule has 0 heterocycles. The van der Waals surface area contributed by atoms with Crippen LogP contribution >= 0.6 is 0 Å². The number of carboxylic acid groups (broad SMARTS) is 1. The van der Waals surface area contributed by atoms with E-state index >= 15 is 0 Å². The molecule has 0 radical (unpaired) electrons. The maximum atomic E-state index is 10.9. The number of aliphatic carboxylic acids is 1. The first-order valence-corrected chi connectivity index (χ1v) is 7.14. The van der Waals surface area contributed by atoms with E-state index in [0.29, 0.717) is 12.5 Å². The van der Waals surface area contributed by atoms with E-state index in [1.165, 1.54) is 0 Å². The van der Waals surface area contributed by atoms with E-state index in [1.807, 2.05) is 30.3 Å². The lowest BCUT2D eigenvalue weighted by Crippen LogP contribution is -2.31. The predicted octanol–water partition coefficient (Wildman–Crippen LogP) is 2.45. The van der Waals surface area contributed by atoms with Gasteiger partial charge in [0.2, 0.25) is 0 Å². The summed E-state index contributed by atoms with van der Waals surface area (Å²) in [7, 11) is 0. The van der Waals surface area contributed by atoms with E-state index in [4.69, 9.17) is 5.11 Å². The van der Waals surface area contributed by atoms with Crippen molar-refractivity contribution >= 4 is 5.97 Å². The molecular weight excluding hydrogens is 254 g/mol. The summed E-state index contributed by atoms with van der Waals surface area (Å²) in [6.07, 6.45) is 1.03. The van der Waals surface area contributed by atoms with Gasteiger partial charge in [-0.15, -0.1) is 0 Å². The van der Waals surface area contributed by atoms with Gasteiger partial charge in [-0.25, -0.2) is 0 Å². The van der Waals surface area contributed by atoms with Crippen LogP contribution in [0.15, 0.2) is 30.3 Å². The molecule has 3 N–H and O–H groups in total. The molecule has 0 saturated carbocycles. The molecule has 20 heavy (non-hydrogen) atoms. The third-order valence-corrected chi connectivity index (χ3v) is 3.31. The molecule has 0 saturated heterocycles. The Balaban J connectivity index is 2.57. The van der Waals surface area contributed by atoms with Crippen LogP contribution in [-0.2, 0) is 4.79 Å². The Kier molecular flexibility index (Phi) is 7.26. The molecule has 0 unspecified atom stereocenters. The van der Waals surface area contributed by atoms with Crippen LogP contribution in [0.4, 0.5) is 0 Å². The van der Waals surface area contributed by atoms with E-state index in [-0.39, 0.29) is 25.0 Å². The van der Waals surface area contributed by atoms with Crippen molar-refractivity contribution in [2.75, 3.05) is 13.2 Å². The first kappa shape index (κ1) is 16.7. The molecule has 0 aliphatic carbocycles. The van der Waals surface area contributed by atoms with Gasteiger partial charge in [-0.3, -0.25) is 4.79 Å². The first-order valence-electron chi connectivity index (χ1n) is 7.14. The zero-order valence-corrected chi connectivity index (χ0v) is 12.2. The number of benzene rings is 1. The fraction of sp³-hybridized carbons (Fsp3) is 0.562. The van der Waals surface area contributed by atoms with Crippen molar-refractivity contribution in [1.82, 2.24) is 5.32 Å². The average molecular weight is 279 g/mol. The lowest BCUT2D eigenvalue weighted by Gasteiger charge is -2.22. The Morgan fingerprint density at radius 1 is 1.25 bits per heavy atom. The lowest BCUT2D eigenvalue weighted by atomic mass is 9.93. The molecule has 2 atom stereocenters. The average Bonchev–Trinajstić information content (AvgIpc) is 2.39. The Morgan fingerprint density at radius 2 is 1.90 bits per heavy atom. The van der Waals surface area contributed by atoms with Gasteiger partial charge >= 0.3 is 5.97 Å². The van der Waals surface area contributed by atoms with Gasteiger partial charge in [-0.1, -0.05) is 44.2 Å². The van der Waals surface area contributed by atoms with Gasteiger partial charge in [-0.2, -0.15) is 0 Å². The minimum atomic E-state index is -0.766. The molecule has 112 valence electrons. The number of rotatable bonds is 9. The highest BCUT2D eigenvalue weighted by Gasteiger charge is 2.17. The summed E-state index contributed by atoms with van der Waals surface area (Å²) in [4.78, 5) is 10.9. The molecule has 0 fully saturated rings. The van der Waals surface area contributed by atoms with Crippen LogP contribution in [-0.4, -0.2) is 29.3 Å². The van der Waals surface area contributed by atoms with Gasteiger partial charge in [0.1, 0.15) is 0 Å². The molecule has 0 aliphatic heterocycles. The van der Waals surface area contributed by atoms with Gasteiger partial charge in [-0.05, 0) is 30.4 Å². The highest BCUT2D eigenvalue weighted by molar-refractivity contribution is 5.67. The molecule has 1 aromatic carbocycles. The van der Waals surface area contributed by atoms with Crippen LogP contribution < -0.4 is 5.32 Å². The van der Waals surface area contributed by atoms with E-state index in [2.05, 4.69) is 19.2 Å². The molecule has 1 aromatic rings. The Hall–Kier alpha value is -1.39. The zero-order chi connectivity index (χ0) is 15.0. The third-order valence-electron chi connectivity index (χ3n) is 3.31. The first-order chi connectivity index (χ1) is 9.52. The lowest BCUT2D eigenvalue weighted by molar-refractivity contribution is -0.138. The summed E-state index contributed by atoms with van der Waals surface area (Å²) in [6, 6.07) is 9.58. The number of hydrogen-bond acceptors (Lipinski definition) is 3. The number of aliphatic hydroxyl groups excluding tert-OH is 1. The van der Waals surface area contributed by atoms with Crippen molar-refractivity contribution < 1.29 is 15.0 Å². The second-order valence-electron chi connectivity index (χ2n) is 5.65. The van der Waals surface area contributed by atoms with E-state index in [9.17, 15) is 9.90 Å². The fourth-order valence-corrected chi connectivity index (χ4v) is 2.43. The summed E-state index contributed by atoms with van der Waals surface area (Å²) in [5, 5.41) is 21.7. The SMILES string of the molecule is CC(C)C[C@H](CN[C@H](CO)c1ccccc1)CC(=O)O. The normalized spacial score (nSPS) is 14.2. The van der Waals surface area contributed by atoms with Crippen LogP contribution in [0.1, 0.15) is 38.3 Å². The largest absolute Gasteiger partial charge is 0.481 e. The quantitative estimate of drug-likeness (QED) is 0.649. The van der Waals surface area contributed by atoms with Crippen molar-refractivity contribution in [1.29, 1.82) is 0 Å². The Bertz CT molecular complexity index is 392. The Morgan fingerprint density at radius 3 is 2.40 bits per heavy atom. The number of carboxylic acids is 1. The highest BCUT2D eigenvalue weighted by Crippen LogP contribution is 2.17. The molecule has 4 heteroatoms. The van der Waals surface area contributed by atoms with E-state index in [0.717, 1.165) is 12.0 Å². The highest BCUT2D eigenvalue weighted by atomic mass is 16.4. The predicted molar refractivity (Wildman–Crippen MR) is 79.5 cm³/mol. The summed E-state index contributed by atoms with van der Waals surface area (Å²) < 4.78 is 0. The van der Waals surface area contributed by atoms with Crippen LogP contribution in [0, 0.1) is 11.8 Å². The molecule has 0 aliphatic rings. The standard InChI is InChI=1S/C16H25NO3/c1-12(2)8-13(9-16(19)20)10-17-15(11-18)14-6-4-3-5-7-14/h3-7,12-13,15,17-18H,8-11H2,1-2H3,(H,19,20)/t13-,15+/m0/s1. The molecular formula is C16H25NO3. The topological polar surface area (TPSA) is 69.6 Å². The second-order valence-corrected chi connectivity index (χ2v) is 5.65. The van der Waals surface area contributed by atoms with E-state index < -0.39 is 5.97 Å². The number of nitrogens with one attached hydrogen (secondary N) is 1. The van der Waals surface area contributed by atoms with Crippen LogP contribution in [0.25, 0.3) is 0 Å². The maximum absolute atomic E-state index is 10.9. The molecule has 1 rings (SSSR count). The Labute approximate surface area is 120 Å².